The van der Waals surface area contributed by atoms with Crippen molar-refractivity contribution in [2.24, 2.45) is 10.7 Å². The van der Waals surface area contributed by atoms with E-state index in [-0.39, 0.29) is 0 Å². The van der Waals surface area contributed by atoms with Crippen LogP contribution in [0.5, 0.6) is 0 Å². The maximum atomic E-state index is 6.99. The zero-order chi connectivity index (χ0) is 39.0. The van der Waals surface area contributed by atoms with Crippen LogP contribution < -0.4 is 5.73 Å². The molecule has 10 aromatic rings. The zero-order valence-electron chi connectivity index (χ0n) is 32.0. The molecule has 0 bridgehead atoms. The Balaban J connectivity index is 1.11. The van der Waals surface area contributed by atoms with Crippen LogP contribution in [0.3, 0.4) is 0 Å². The minimum Gasteiger partial charge on any atom is -0.458 e. The summed E-state index contributed by atoms with van der Waals surface area (Å²) in [5, 5.41) is 5.36. The summed E-state index contributed by atoms with van der Waals surface area (Å²) in [5.41, 5.74) is 18.6. The van der Waals surface area contributed by atoms with E-state index in [2.05, 4.69) is 132 Å². The average molecular weight is 750 g/mol. The summed E-state index contributed by atoms with van der Waals surface area (Å²) < 4.78 is 15.6. The summed E-state index contributed by atoms with van der Waals surface area (Å²) >= 11 is 0. The highest BCUT2D eigenvalue weighted by molar-refractivity contribution is 6.13. The summed E-state index contributed by atoms with van der Waals surface area (Å²) in [6.45, 7) is 2.01. The van der Waals surface area contributed by atoms with Crippen LogP contribution in [0, 0.1) is 0 Å². The van der Waals surface area contributed by atoms with E-state index in [9.17, 15) is 0 Å². The molecular weight excluding hydrogens is 711 g/mol. The smallest absolute Gasteiger partial charge is 0.143 e. The van der Waals surface area contributed by atoms with Gasteiger partial charge >= 0.3 is 0 Å². The van der Waals surface area contributed by atoms with Crippen LogP contribution in [0.25, 0.3) is 77.6 Å². The number of rotatable bonds is 9. The minimum absolute atomic E-state index is 0.416. The van der Waals surface area contributed by atoms with Crippen molar-refractivity contribution in [1.29, 1.82) is 0 Å². The maximum Gasteiger partial charge on any atom is 0.143 e. The monoisotopic (exact) mass is 749 g/mol. The third kappa shape index (κ3) is 6.19. The fourth-order valence-electron chi connectivity index (χ4n) is 8.17. The van der Waals surface area contributed by atoms with Gasteiger partial charge in [0.15, 0.2) is 0 Å². The van der Waals surface area contributed by atoms with Crippen molar-refractivity contribution in [2.75, 3.05) is 0 Å². The molecule has 0 aliphatic rings. The van der Waals surface area contributed by atoms with Crippen LogP contribution >= 0.6 is 0 Å². The number of aromatic nitrogens is 1. The number of amidine groups is 1. The molecule has 0 unspecified atom stereocenters. The van der Waals surface area contributed by atoms with Gasteiger partial charge in [-0.15, -0.1) is 0 Å². The number of hydrogen-bond acceptors (Lipinski definition) is 3. The Bertz CT molecular complexity index is 3270. The largest absolute Gasteiger partial charge is 0.458 e. The Morgan fingerprint density at radius 1 is 0.621 bits per heavy atom. The van der Waals surface area contributed by atoms with E-state index in [0.717, 1.165) is 94.3 Å². The molecule has 0 spiro atoms. The van der Waals surface area contributed by atoms with Crippen molar-refractivity contribution in [3.63, 3.8) is 0 Å². The molecule has 2 N–H and O–H groups in total. The highest BCUT2D eigenvalue weighted by Gasteiger charge is 2.21. The first kappa shape index (κ1) is 34.8. The Kier molecular flexibility index (Phi) is 8.88. The maximum absolute atomic E-state index is 6.99. The van der Waals surface area contributed by atoms with Crippen molar-refractivity contribution in [3.8, 4) is 16.8 Å². The van der Waals surface area contributed by atoms with Crippen molar-refractivity contribution >= 4 is 72.3 Å². The van der Waals surface area contributed by atoms with E-state index in [0.29, 0.717) is 12.3 Å². The van der Waals surface area contributed by atoms with Gasteiger partial charge in [-0.05, 0) is 78.2 Å². The van der Waals surface area contributed by atoms with Gasteiger partial charge in [0.25, 0.3) is 0 Å². The first-order chi connectivity index (χ1) is 28.6. The van der Waals surface area contributed by atoms with Crippen LogP contribution in [0.1, 0.15) is 29.4 Å². The predicted octanol–water partition coefficient (Wildman–Crippen LogP) is 13.9. The predicted molar refractivity (Wildman–Crippen MR) is 242 cm³/mol. The van der Waals surface area contributed by atoms with Gasteiger partial charge in [0.05, 0.1) is 11.0 Å². The molecule has 0 aliphatic heterocycles. The molecule has 0 saturated heterocycles. The van der Waals surface area contributed by atoms with E-state index in [1.807, 2.05) is 73.7 Å². The number of fused-ring (bicyclic) bond motifs is 7. The van der Waals surface area contributed by atoms with Crippen molar-refractivity contribution < 1.29 is 8.83 Å². The summed E-state index contributed by atoms with van der Waals surface area (Å²) in [6, 6.07) is 54.4. The summed E-state index contributed by atoms with van der Waals surface area (Å²) in [5.74, 6) is 1.15. The topological polar surface area (TPSA) is 69.6 Å². The van der Waals surface area contributed by atoms with E-state index < -0.39 is 0 Å². The molecule has 0 amide bonds. The lowest BCUT2D eigenvalue weighted by atomic mass is 9.96. The molecule has 0 fully saturated rings. The minimum atomic E-state index is 0.416. The summed E-state index contributed by atoms with van der Waals surface area (Å²) in [6.07, 6.45) is 12.8. The average Bonchev–Trinajstić information content (AvgIpc) is 3.93. The molecule has 278 valence electrons. The quantitative estimate of drug-likeness (QED) is 0.0907. The van der Waals surface area contributed by atoms with E-state index >= 15 is 0 Å². The third-order valence-electron chi connectivity index (χ3n) is 10.8. The van der Waals surface area contributed by atoms with E-state index in [1.54, 1.807) is 0 Å². The zero-order valence-corrected chi connectivity index (χ0v) is 32.0. The molecule has 5 nitrogen and oxygen atoms in total. The fourth-order valence-corrected chi connectivity index (χ4v) is 8.17. The number of allylic oxidation sites excluding steroid dienone is 5. The first-order valence-corrected chi connectivity index (χ1v) is 19.6. The lowest BCUT2D eigenvalue weighted by molar-refractivity contribution is 0.564. The van der Waals surface area contributed by atoms with Gasteiger partial charge in [0.2, 0.25) is 0 Å². The third-order valence-corrected chi connectivity index (χ3v) is 10.8. The summed E-state index contributed by atoms with van der Waals surface area (Å²) in [4.78, 5) is 5.18. The Morgan fingerprint density at radius 3 is 2.19 bits per heavy atom. The number of nitrogens with two attached hydrogens (primary N) is 1. The standard InChI is InChI=1S/C53H39N3O2/c1-2-3-4-5-8-18-35-31-43(36-19-9-6-10-20-36)52-44(32-35)50-37(21-17-28-48(50)58-52)34-49-51(42-25-14-16-27-47(42)57-49)55-53(54)38-29-30-41-40-24-13-15-26-45(40)56(46(41)33-38)39-22-11-7-12-23-39/h2-33H,34H2,1H3,(H2,54,55)/b3-2-,5-4-,18-8+. The first-order valence-electron chi connectivity index (χ1n) is 19.6. The second-order valence-corrected chi connectivity index (χ2v) is 14.4. The molecule has 0 atom stereocenters. The van der Waals surface area contributed by atoms with Crippen molar-refractivity contribution in [3.05, 3.63) is 211 Å². The molecule has 58 heavy (non-hydrogen) atoms. The van der Waals surface area contributed by atoms with Crippen molar-refractivity contribution in [2.45, 2.75) is 13.3 Å². The molecular formula is C53H39N3O2. The molecule has 3 aromatic heterocycles. The van der Waals surface area contributed by atoms with Crippen LogP contribution in [-0.4, -0.2) is 10.4 Å². The molecule has 7 aromatic carbocycles. The van der Waals surface area contributed by atoms with Crippen molar-refractivity contribution in [1.82, 2.24) is 4.57 Å². The van der Waals surface area contributed by atoms with Gasteiger partial charge in [-0.2, -0.15) is 0 Å². The molecule has 0 aliphatic carbocycles. The van der Waals surface area contributed by atoms with Crippen LogP contribution in [-0.2, 0) is 6.42 Å². The lowest BCUT2D eigenvalue weighted by Gasteiger charge is -2.09. The van der Waals surface area contributed by atoms with Gasteiger partial charge < -0.3 is 19.1 Å². The van der Waals surface area contributed by atoms with Gasteiger partial charge in [-0.3, -0.25) is 0 Å². The Hall–Kier alpha value is -7.63. The van der Waals surface area contributed by atoms with Crippen LogP contribution in [0.2, 0.25) is 0 Å². The number of para-hydroxylation sites is 3. The second-order valence-electron chi connectivity index (χ2n) is 14.4. The number of aliphatic imine (C=N–C) groups is 1. The molecule has 5 heteroatoms. The van der Waals surface area contributed by atoms with E-state index in [4.69, 9.17) is 19.6 Å². The Labute approximate surface area is 336 Å². The van der Waals surface area contributed by atoms with Crippen LogP contribution in [0.4, 0.5) is 5.69 Å². The highest BCUT2D eigenvalue weighted by Crippen LogP contribution is 2.42. The highest BCUT2D eigenvalue weighted by atomic mass is 16.3. The Morgan fingerprint density at radius 2 is 1.34 bits per heavy atom. The van der Waals surface area contributed by atoms with Crippen LogP contribution in [0.15, 0.2) is 202 Å². The summed E-state index contributed by atoms with van der Waals surface area (Å²) in [7, 11) is 0. The number of furan rings is 2. The molecule has 10 rings (SSSR count). The van der Waals surface area contributed by atoms with Gasteiger partial charge in [-0.25, -0.2) is 4.99 Å². The molecule has 3 heterocycles. The van der Waals surface area contributed by atoms with Gasteiger partial charge in [0, 0.05) is 50.2 Å². The van der Waals surface area contributed by atoms with E-state index in [1.165, 1.54) is 5.39 Å². The number of nitrogens with zero attached hydrogens (tertiary/aromatic N) is 2. The lowest BCUT2D eigenvalue weighted by Crippen LogP contribution is -2.13. The normalized spacial score (nSPS) is 12.6. The van der Waals surface area contributed by atoms with Gasteiger partial charge in [-0.1, -0.05) is 140 Å². The SMILES string of the molecule is C\C=C/C=C\C=C\c1cc(-c2ccccc2)c2oc3cccc(Cc4oc5ccccc5c4/N=C(\N)c4ccc5c6ccccc6n(-c6ccccc6)c5c4)c3c2c1. The fraction of sp³-hybridized carbons (Fsp3) is 0.0377. The van der Waals surface area contributed by atoms with Gasteiger partial charge in [0.1, 0.15) is 34.0 Å². The number of benzene rings is 7. The number of hydrogen-bond donors (Lipinski definition) is 1. The second kappa shape index (κ2) is 14.8. The molecule has 0 saturated carbocycles. The molecule has 0 radical (unpaired) electrons.